The van der Waals surface area contributed by atoms with Crippen molar-refractivity contribution in [2.45, 2.75) is 6.42 Å². The quantitative estimate of drug-likeness (QED) is 0.583. The number of hydrogen-bond donors (Lipinski definition) is 0. The summed E-state index contributed by atoms with van der Waals surface area (Å²) >= 11 is 0. The van der Waals surface area contributed by atoms with Crippen LogP contribution in [0, 0.1) is 0 Å². The maximum atomic E-state index is 12.4. The number of esters is 1. The average Bonchev–Trinajstić information content (AvgIpc) is 2.36. The van der Waals surface area contributed by atoms with Crippen LogP contribution in [0.4, 0.5) is 0 Å². The minimum absolute atomic E-state index is 0.0938. The predicted octanol–water partition coefficient (Wildman–Crippen LogP) is 1.80. The van der Waals surface area contributed by atoms with Crippen molar-refractivity contribution in [1.82, 2.24) is 0 Å². The third kappa shape index (κ3) is 3.19. The maximum Gasteiger partial charge on any atom is 0.306 e. The third-order valence-corrected chi connectivity index (χ3v) is 4.77. The van der Waals surface area contributed by atoms with Crippen molar-refractivity contribution < 1.29 is 18.6 Å². The Kier molecular flexibility index (Phi) is 4.71. The van der Waals surface area contributed by atoms with Gasteiger partial charge in [-0.3, -0.25) is 9.36 Å². The van der Waals surface area contributed by atoms with Crippen LogP contribution in [-0.2, 0) is 18.6 Å². The van der Waals surface area contributed by atoms with Crippen LogP contribution in [-0.4, -0.2) is 26.4 Å². The molecule has 0 bridgehead atoms. The van der Waals surface area contributed by atoms with Crippen molar-refractivity contribution in [2.24, 2.45) is 0 Å². The molecule has 0 N–H and O–H groups in total. The molecule has 5 heteroatoms. The lowest BCUT2D eigenvalue weighted by atomic mass is 10.4. The highest BCUT2D eigenvalue weighted by Crippen LogP contribution is 2.45. The van der Waals surface area contributed by atoms with Gasteiger partial charge in [-0.2, -0.15) is 0 Å². The van der Waals surface area contributed by atoms with E-state index in [1.807, 2.05) is 6.07 Å². The molecule has 4 nitrogen and oxygen atoms in total. The molecule has 16 heavy (non-hydrogen) atoms. The highest BCUT2D eigenvalue weighted by atomic mass is 31.2. The van der Waals surface area contributed by atoms with Gasteiger partial charge in [-0.25, -0.2) is 0 Å². The second-order valence-electron chi connectivity index (χ2n) is 3.24. The molecule has 0 heterocycles. The molecule has 0 saturated heterocycles. The number of carbonyl (C=O) groups excluding carboxylic acids is 1. The molecule has 0 saturated carbocycles. The van der Waals surface area contributed by atoms with E-state index in [-0.39, 0.29) is 18.6 Å². The van der Waals surface area contributed by atoms with E-state index in [0.29, 0.717) is 5.30 Å². The second kappa shape index (κ2) is 5.83. The van der Waals surface area contributed by atoms with Gasteiger partial charge in [-0.15, -0.1) is 0 Å². The Morgan fingerprint density at radius 3 is 2.38 bits per heavy atom. The number of rotatable bonds is 5. The first-order chi connectivity index (χ1) is 7.62. The Balaban J connectivity index is 2.79. The molecule has 1 aromatic rings. The lowest BCUT2D eigenvalue weighted by Gasteiger charge is -2.15. The van der Waals surface area contributed by atoms with Gasteiger partial charge in [0.05, 0.1) is 13.5 Å². The van der Waals surface area contributed by atoms with Crippen LogP contribution in [0.2, 0.25) is 0 Å². The smallest absolute Gasteiger partial charge is 0.306 e. The van der Waals surface area contributed by atoms with E-state index in [0.717, 1.165) is 0 Å². The normalized spacial score (nSPS) is 14.1. The van der Waals surface area contributed by atoms with Crippen LogP contribution in [0.5, 0.6) is 0 Å². The molecule has 1 atom stereocenters. The van der Waals surface area contributed by atoms with Crippen molar-refractivity contribution in [3.05, 3.63) is 30.3 Å². The van der Waals surface area contributed by atoms with Crippen molar-refractivity contribution >= 4 is 18.6 Å². The van der Waals surface area contributed by atoms with E-state index in [1.54, 1.807) is 24.3 Å². The van der Waals surface area contributed by atoms with Gasteiger partial charge in [0.25, 0.3) is 0 Å². The summed E-state index contributed by atoms with van der Waals surface area (Å²) in [6.45, 7) is 0. The summed E-state index contributed by atoms with van der Waals surface area (Å²) in [5.41, 5.74) is 0. The van der Waals surface area contributed by atoms with E-state index in [1.165, 1.54) is 14.2 Å². The fourth-order valence-corrected chi connectivity index (χ4v) is 3.08. The molecule has 88 valence electrons. The predicted molar refractivity (Wildman–Crippen MR) is 62.2 cm³/mol. The monoisotopic (exact) mass is 242 g/mol. The topological polar surface area (TPSA) is 52.6 Å². The van der Waals surface area contributed by atoms with E-state index < -0.39 is 7.37 Å². The lowest BCUT2D eigenvalue weighted by Crippen LogP contribution is -2.12. The zero-order chi connectivity index (χ0) is 12.0. The molecule has 0 aliphatic heterocycles. The van der Waals surface area contributed by atoms with Crippen molar-refractivity contribution in [1.29, 1.82) is 0 Å². The molecule has 0 aromatic heterocycles. The standard InChI is InChI=1S/C11H15O4P/c1-14-11(12)8-9-16(13,15-2)10-6-4-3-5-7-10/h3-7H,8-9H2,1-2H3. The van der Waals surface area contributed by atoms with Gasteiger partial charge in [0, 0.05) is 18.6 Å². The molecule has 0 spiro atoms. The summed E-state index contributed by atoms with van der Waals surface area (Å²) in [6, 6.07) is 8.89. The molecular formula is C11H15O4P. The van der Waals surface area contributed by atoms with E-state index in [9.17, 15) is 9.36 Å². The van der Waals surface area contributed by atoms with Crippen LogP contribution in [0.1, 0.15) is 6.42 Å². The second-order valence-corrected chi connectivity index (χ2v) is 5.92. The van der Waals surface area contributed by atoms with Crippen molar-refractivity contribution in [3.8, 4) is 0 Å². The van der Waals surface area contributed by atoms with Crippen LogP contribution in [0.15, 0.2) is 30.3 Å². The van der Waals surface area contributed by atoms with Crippen molar-refractivity contribution in [3.63, 3.8) is 0 Å². The first-order valence-electron chi connectivity index (χ1n) is 4.89. The summed E-state index contributed by atoms with van der Waals surface area (Å²) in [4.78, 5) is 11.0. The largest absolute Gasteiger partial charge is 0.469 e. The van der Waals surface area contributed by atoms with Gasteiger partial charge in [0.15, 0.2) is 0 Å². The first kappa shape index (κ1) is 12.9. The maximum absolute atomic E-state index is 12.4. The Hall–Kier alpha value is -1.12. The fourth-order valence-electron chi connectivity index (χ4n) is 1.32. The highest BCUT2D eigenvalue weighted by Gasteiger charge is 2.25. The summed E-state index contributed by atoms with van der Waals surface area (Å²) < 4.78 is 22.0. The lowest BCUT2D eigenvalue weighted by molar-refractivity contribution is -0.140. The molecule has 1 aromatic carbocycles. The number of benzene rings is 1. The Labute approximate surface area is 95.0 Å². The minimum Gasteiger partial charge on any atom is -0.469 e. The minimum atomic E-state index is -2.92. The Morgan fingerprint density at radius 1 is 1.25 bits per heavy atom. The van der Waals surface area contributed by atoms with Gasteiger partial charge in [0.2, 0.25) is 7.37 Å². The molecule has 0 aliphatic rings. The fraction of sp³-hybridized carbons (Fsp3) is 0.364. The molecule has 0 amide bonds. The van der Waals surface area contributed by atoms with Crippen molar-refractivity contribution in [2.75, 3.05) is 20.4 Å². The third-order valence-electron chi connectivity index (χ3n) is 2.28. The van der Waals surface area contributed by atoms with Crippen LogP contribution >= 0.6 is 7.37 Å². The summed E-state index contributed by atoms with van der Waals surface area (Å²) in [5, 5.41) is 0.626. The Bertz CT molecular complexity index is 388. The zero-order valence-electron chi connectivity index (χ0n) is 9.38. The van der Waals surface area contributed by atoms with Gasteiger partial charge >= 0.3 is 5.97 Å². The number of carbonyl (C=O) groups is 1. The van der Waals surface area contributed by atoms with Gasteiger partial charge in [0.1, 0.15) is 0 Å². The molecule has 0 aliphatic carbocycles. The zero-order valence-corrected chi connectivity index (χ0v) is 10.3. The average molecular weight is 242 g/mol. The summed E-state index contributed by atoms with van der Waals surface area (Å²) in [6.07, 6.45) is 0.261. The SMILES string of the molecule is COC(=O)CCP(=O)(OC)c1ccccc1. The summed E-state index contributed by atoms with van der Waals surface area (Å²) in [5.74, 6) is -0.381. The van der Waals surface area contributed by atoms with E-state index in [4.69, 9.17) is 4.52 Å². The molecular weight excluding hydrogens is 227 g/mol. The number of hydrogen-bond acceptors (Lipinski definition) is 4. The molecule has 1 rings (SSSR count). The van der Waals surface area contributed by atoms with Gasteiger partial charge in [-0.05, 0) is 12.1 Å². The van der Waals surface area contributed by atoms with Crippen LogP contribution < -0.4 is 5.30 Å². The Morgan fingerprint density at radius 2 is 1.88 bits per heavy atom. The van der Waals surface area contributed by atoms with E-state index in [2.05, 4.69) is 4.74 Å². The number of methoxy groups -OCH3 is 1. The highest BCUT2D eigenvalue weighted by molar-refractivity contribution is 7.67. The molecule has 0 radical (unpaired) electrons. The van der Waals surface area contributed by atoms with Crippen LogP contribution in [0.3, 0.4) is 0 Å². The first-order valence-corrected chi connectivity index (χ1v) is 6.70. The molecule has 0 fully saturated rings. The van der Waals surface area contributed by atoms with Crippen LogP contribution in [0.25, 0.3) is 0 Å². The van der Waals surface area contributed by atoms with Gasteiger partial charge < -0.3 is 9.26 Å². The van der Waals surface area contributed by atoms with Gasteiger partial charge in [-0.1, -0.05) is 18.2 Å². The number of ether oxygens (including phenoxy) is 1. The van der Waals surface area contributed by atoms with E-state index >= 15 is 0 Å². The summed E-state index contributed by atoms with van der Waals surface area (Å²) in [7, 11) is -0.218. The molecule has 1 unspecified atom stereocenters.